The Morgan fingerprint density at radius 3 is 1.56 bits per heavy atom. The van der Waals surface area contributed by atoms with Crippen molar-refractivity contribution < 1.29 is 9.53 Å². The Kier molecular flexibility index (Phi) is 4.30. The minimum Gasteiger partial charge on any atom is -0.542 e. The Morgan fingerprint density at radius 1 is 0.875 bits per heavy atom. The number of benzene rings is 1. The molecule has 0 bridgehead atoms. The molecule has 0 fully saturated rings. The number of rotatable bonds is 2. The highest BCUT2D eigenvalue weighted by Crippen LogP contribution is 2.49. The van der Waals surface area contributed by atoms with Gasteiger partial charge in [0.25, 0.3) is 0 Å². The number of halogens is 4. The molecule has 0 aliphatic heterocycles. The first-order valence-corrected chi connectivity index (χ1v) is 9.31. The number of aromatic hydroxyl groups is 1. The second-order valence-electron chi connectivity index (χ2n) is 4.15. The zero-order valence-corrected chi connectivity index (χ0v) is 12.9. The lowest BCUT2D eigenvalue weighted by atomic mass is 10.3. The Morgan fingerprint density at radius 2 is 1.25 bits per heavy atom. The highest BCUT2D eigenvalue weighted by molar-refractivity contribution is 6.70. The first-order valence-electron chi connectivity index (χ1n) is 4.39. The number of phenols is 1. The third kappa shape index (κ3) is 2.90. The molecule has 0 amide bonds. The topological polar surface area (TPSA) is 29.5 Å². The first kappa shape index (κ1) is 14.3. The molecule has 0 aromatic heterocycles. The van der Waals surface area contributed by atoms with Gasteiger partial charge in [-0.05, 0) is 19.6 Å². The molecule has 1 N–H and O–H groups in total. The third-order valence-corrected chi connectivity index (χ3v) is 4.08. The van der Waals surface area contributed by atoms with E-state index < -0.39 is 8.32 Å². The van der Waals surface area contributed by atoms with Crippen molar-refractivity contribution in [2.75, 3.05) is 0 Å². The molecule has 7 heteroatoms. The first-order chi connectivity index (χ1) is 7.15. The van der Waals surface area contributed by atoms with Crippen molar-refractivity contribution in [1.29, 1.82) is 0 Å². The Bertz CT molecular complexity index is 399. The summed E-state index contributed by atoms with van der Waals surface area (Å²) in [7, 11) is -1.89. The average molecular weight is 320 g/mol. The normalized spacial score (nSPS) is 11.7. The molecule has 0 unspecified atom stereocenters. The Balaban J connectivity index is 3.40. The van der Waals surface area contributed by atoms with Crippen LogP contribution < -0.4 is 4.43 Å². The van der Waals surface area contributed by atoms with Gasteiger partial charge >= 0.3 is 0 Å². The fraction of sp³-hybridized carbons (Fsp3) is 0.333. The summed E-state index contributed by atoms with van der Waals surface area (Å²) < 4.78 is 5.67. The van der Waals surface area contributed by atoms with Crippen LogP contribution in [0.25, 0.3) is 0 Å². The molecule has 0 aliphatic carbocycles. The zero-order chi connectivity index (χ0) is 12.7. The van der Waals surface area contributed by atoms with Gasteiger partial charge < -0.3 is 9.53 Å². The standard InChI is InChI=1S/C9H10Cl4O2Si/c1-16(2,3)15-9-6(12)4(10)8(14)5(11)7(9)13/h14H,1-3H3. The summed E-state index contributed by atoms with van der Waals surface area (Å²) in [5.41, 5.74) is 0. The summed E-state index contributed by atoms with van der Waals surface area (Å²) in [6, 6.07) is 0. The highest BCUT2D eigenvalue weighted by atomic mass is 35.5. The SMILES string of the molecule is C[Si](C)(C)Oc1c(Cl)c(Cl)c(O)c(Cl)c1Cl. The van der Waals surface area contributed by atoms with Crippen molar-refractivity contribution >= 4 is 54.7 Å². The summed E-state index contributed by atoms with van der Waals surface area (Å²) >= 11 is 23.5. The van der Waals surface area contributed by atoms with Gasteiger partial charge in [-0.2, -0.15) is 0 Å². The smallest absolute Gasteiger partial charge is 0.242 e. The van der Waals surface area contributed by atoms with E-state index in [0.717, 1.165) is 0 Å². The third-order valence-electron chi connectivity index (χ3n) is 1.61. The minimum atomic E-state index is -1.89. The lowest BCUT2D eigenvalue weighted by molar-refractivity contribution is 0.473. The van der Waals surface area contributed by atoms with Crippen LogP contribution in [0.15, 0.2) is 0 Å². The molecule has 1 rings (SSSR count). The summed E-state index contributed by atoms with van der Waals surface area (Å²) in [5, 5.41) is 9.57. The van der Waals surface area contributed by atoms with Crippen molar-refractivity contribution in [3.8, 4) is 11.5 Å². The van der Waals surface area contributed by atoms with Crippen LogP contribution in [0.5, 0.6) is 11.5 Å². The van der Waals surface area contributed by atoms with Crippen molar-refractivity contribution in [2.24, 2.45) is 0 Å². The Hall–Kier alpha value is 0.197. The molecule has 2 nitrogen and oxygen atoms in total. The van der Waals surface area contributed by atoms with Gasteiger partial charge in [0.1, 0.15) is 25.8 Å². The second-order valence-corrected chi connectivity index (χ2v) is 10.1. The largest absolute Gasteiger partial charge is 0.542 e. The average Bonchev–Trinajstić information content (AvgIpc) is 2.17. The molecule has 1 aromatic carbocycles. The number of hydrogen-bond acceptors (Lipinski definition) is 2. The van der Waals surface area contributed by atoms with E-state index in [4.69, 9.17) is 50.8 Å². The molecule has 0 aliphatic rings. The predicted molar refractivity (Wildman–Crippen MR) is 72.1 cm³/mol. The molecular formula is C9H10Cl4O2Si. The molecule has 0 saturated heterocycles. The van der Waals surface area contributed by atoms with Crippen LogP contribution in [0.4, 0.5) is 0 Å². The summed E-state index contributed by atoms with van der Waals surface area (Å²) in [6.45, 7) is 5.90. The van der Waals surface area contributed by atoms with Crippen LogP contribution in [0.1, 0.15) is 0 Å². The number of phenolic OH excluding ortho intramolecular Hbond substituents is 1. The van der Waals surface area contributed by atoms with Gasteiger partial charge in [0.15, 0.2) is 5.75 Å². The molecule has 16 heavy (non-hydrogen) atoms. The zero-order valence-electron chi connectivity index (χ0n) is 8.87. The van der Waals surface area contributed by atoms with Gasteiger partial charge in [-0.25, -0.2) is 0 Å². The van der Waals surface area contributed by atoms with E-state index in [9.17, 15) is 5.11 Å². The van der Waals surface area contributed by atoms with Crippen molar-refractivity contribution in [2.45, 2.75) is 19.6 Å². The van der Waals surface area contributed by atoms with E-state index in [1.165, 1.54) is 0 Å². The fourth-order valence-electron chi connectivity index (χ4n) is 0.996. The minimum absolute atomic E-state index is 0.0516. The van der Waals surface area contributed by atoms with Crippen LogP contribution in [0, 0.1) is 0 Å². The molecule has 0 heterocycles. The van der Waals surface area contributed by atoms with Gasteiger partial charge in [-0.15, -0.1) is 0 Å². The molecule has 90 valence electrons. The van der Waals surface area contributed by atoms with Crippen LogP contribution >= 0.6 is 46.4 Å². The molecule has 0 radical (unpaired) electrons. The molecule has 0 saturated carbocycles. The molecule has 0 atom stereocenters. The maximum Gasteiger partial charge on any atom is 0.242 e. The van der Waals surface area contributed by atoms with Crippen molar-refractivity contribution in [1.82, 2.24) is 0 Å². The number of hydrogen-bond donors (Lipinski definition) is 1. The van der Waals surface area contributed by atoms with E-state index in [1.54, 1.807) is 0 Å². The van der Waals surface area contributed by atoms with Crippen molar-refractivity contribution in [3.05, 3.63) is 20.1 Å². The van der Waals surface area contributed by atoms with Gasteiger partial charge in [0, 0.05) is 0 Å². The lowest BCUT2D eigenvalue weighted by Gasteiger charge is -2.22. The van der Waals surface area contributed by atoms with Crippen LogP contribution in [0.2, 0.25) is 39.7 Å². The fourth-order valence-corrected chi connectivity index (χ4v) is 2.84. The summed E-state index contributed by atoms with van der Waals surface area (Å²) in [4.78, 5) is 0. The quantitative estimate of drug-likeness (QED) is 0.598. The Labute approximate surface area is 115 Å². The van der Waals surface area contributed by atoms with Crippen LogP contribution in [-0.4, -0.2) is 13.4 Å². The highest BCUT2D eigenvalue weighted by Gasteiger charge is 2.25. The predicted octanol–water partition coefficient (Wildman–Crippen LogP) is 5.22. The maximum atomic E-state index is 9.51. The van der Waals surface area contributed by atoms with E-state index in [2.05, 4.69) is 0 Å². The van der Waals surface area contributed by atoms with Gasteiger partial charge in [0.05, 0.1) is 0 Å². The van der Waals surface area contributed by atoms with Gasteiger partial charge in [-0.3, -0.25) is 0 Å². The van der Waals surface area contributed by atoms with Crippen molar-refractivity contribution in [3.63, 3.8) is 0 Å². The van der Waals surface area contributed by atoms with E-state index >= 15 is 0 Å². The molecule has 0 spiro atoms. The van der Waals surface area contributed by atoms with E-state index in [0.29, 0.717) is 0 Å². The monoisotopic (exact) mass is 318 g/mol. The van der Waals surface area contributed by atoms with Gasteiger partial charge in [-0.1, -0.05) is 46.4 Å². The van der Waals surface area contributed by atoms with E-state index in [1.807, 2.05) is 19.6 Å². The van der Waals surface area contributed by atoms with Crippen LogP contribution in [0.3, 0.4) is 0 Å². The summed E-state index contributed by atoms with van der Waals surface area (Å²) in [5.74, 6) is -0.100. The summed E-state index contributed by atoms with van der Waals surface area (Å²) in [6.07, 6.45) is 0. The molecule has 1 aromatic rings. The second kappa shape index (κ2) is 4.82. The maximum absolute atomic E-state index is 9.51. The van der Waals surface area contributed by atoms with E-state index in [-0.39, 0.29) is 31.6 Å². The van der Waals surface area contributed by atoms with Gasteiger partial charge in [0.2, 0.25) is 8.32 Å². The lowest BCUT2D eigenvalue weighted by Crippen LogP contribution is -2.29. The molecular weight excluding hydrogens is 310 g/mol. The van der Waals surface area contributed by atoms with Crippen LogP contribution in [-0.2, 0) is 0 Å².